The molecule has 0 aliphatic carbocycles. The maximum Gasteiger partial charge on any atom is 0.264 e. The number of para-hydroxylation sites is 2. The molecule has 0 spiro atoms. The van der Waals surface area contributed by atoms with Crippen molar-refractivity contribution in [1.29, 1.82) is 0 Å². The van der Waals surface area contributed by atoms with E-state index < -0.39 is 28.5 Å². The van der Waals surface area contributed by atoms with E-state index in [1.54, 1.807) is 60.7 Å². The summed E-state index contributed by atoms with van der Waals surface area (Å²) < 4.78 is 34.5. The molecule has 40 heavy (non-hydrogen) atoms. The van der Waals surface area contributed by atoms with Crippen LogP contribution in [-0.4, -0.2) is 51.4 Å². The highest BCUT2D eigenvalue weighted by atomic mass is 35.5. The van der Waals surface area contributed by atoms with Crippen molar-refractivity contribution in [2.24, 2.45) is 0 Å². The molecule has 0 saturated carbocycles. The van der Waals surface area contributed by atoms with Gasteiger partial charge in [0.1, 0.15) is 18.3 Å². The average Bonchev–Trinajstić information content (AvgIpc) is 2.95. The molecule has 0 aliphatic heterocycles. The van der Waals surface area contributed by atoms with Crippen LogP contribution in [0.4, 0.5) is 5.69 Å². The van der Waals surface area contributed by atoms with E-state index in [1.165, 1.54) is 24.1 Å². The summed E-state index contributed by atoms with van der Waals surface area (Å²) in [7, 11) is -2.75. The van der Waals surface area contributed by atoms with Crippen LogP contribution in [0.2, 0.25) is 5.02 Å². The predicted molar refractivity (Wildman–Crippen MR) is 158 cm³/mol. The molecule has 0 aliphatic rings. The van der Waals surface area contributed by atoms with Crippen molar-refractivity contribution in [2.45, 2.75) is 51.1 Å². The number of halogens is 1. The van der Waals surface area contributed by atoms with Crippen LogP contribution in [0.25, 0.3) is 0 Å². The van der Waals surface area contributed by atoms with Gasteiger partial charge < -0.3 is 15.0 Å². The second-order valence-corrected chi connectivity index (χ2v) is 11.7. The van der Waals surface area contributed by atoms with E-state index in [-0.39, 0.29) is 23.0 Å². The minimum Gasteiger partial charge on any atom is -0.495 e. The summed E-state index contributed by atoms with van der Waals surface area (Å²) in [4.78, 5) is 28.7. The van der Waals surface area contributed by atoms with Gasteiger partial charge in [-0.1, -0.05) is 67.4 Å². The van der Waals surface area contributed by atoms with Gasteiger partial charge in [0.05, 0.1) is 17.7 Å². The lowest BCUT2D eigenvalue weighted by molar-refractivity contribution is -0.140. The number of benzene rings is 3. The van der Waals surface area contributed by atoms with Gasteiger partial charge in [-0.15, -0.1) is 0 Å². The fraction of sp³-hybridized carbons (Fsp3) is 0.333. The molecule has 1 atom stereocenters. The molecule has 1 N–H and O–H groups in total. The van der Waals surface area contributed by atoms with Crippen molar-refractivity contribution in [2.75, 3.05) is 24.5 Å². The fourth-order valence-corrected chi connectivity index (χ4v) is 5.81. The summed E-state index contributed by atoms with van der Waals surface area (Å²) in [5.74, 6) is -0.532. The van der Waals surface area contributed by atoms with Gasteiger partial charge in [0, 0.05) is 18.1 Å². The molecular weight excluding hydrogens is 550 g/mol. The Labute approximate surface area is 241 Å². The number of anilines is 1. The molecule has 8 nitrogen and oxygen atoms in total. The van der Waals surface area contributed by atoms with Gasteiger partial charge >= 0.3 is 0 Å². The number of carbonyl (C=O) groups excluding carboxylic acids is 2. The summed E-state index contributed by atoms with van der Waals surface area (Å²) in [6, 6.07) is 19.2. The number of rotatable bonds is 13. The van der Waals surface area contributed by atoms with Gasteiger partial charge in [-0.05, 0) is 61.7 Å². The van der Waals surface area contributed by atoms with Gasteiger partial charge in [0.15, 0.2) is 0 Å². The maximum atomic E-state index is 14.1. The molecule has 1 unspecified atom stereocenters. The minimum atomic E-state index is -4.19. The smallest absolute Gasteiger partial charge is 0.264 e. The van der Waals surface area contributed by atoms with Crippen LogP contribution in [-0.2, 0) is 26.2 Å². The van der Waals surface area contributed by atoms with Gasteiger partial charge in [-0.2, -0.15) is 0 Å². The van der Waals surface area contributed by atoms with E-state index in [4.69, 9.17) is 16.3 Å². The monoisotopic (exact) mass is 585 g/mol. The Morgan fingerprint density at radius 2 is 1.62 bits per heavy atom. The SMILES string of the molecule is CCCNC(=O)C(CC)N(Cc1ccc(Cl)cc1)C(=O)CN(c1ccccc1OC)S(=O)(=O)c1ccc(C)cc1. The molecule has 10 heteroatoms. The minimum absolute atomic E-state index is 0.0359. The Morgan fingerprint density at radius 3 is 2.23 bits per heavy atom. The van der Waals surface area contributed by atoms with Gasteiger partial charge in [-0.3, -0.25) is 13.9 Å². The number of hydrogen-bond acceptors (Lipinski definition) is 5. The van der Waals surface area contributed by atoms with Crippen LogP contribution < -0.4 is 14.4 Å². The first-order valence-electron chi connectivity index (χ1n) is 13.2. The Hall–Kier alpha value is -3.56. The number of carbonyl (C=O) groups is 2. The maximum absolute atomic E-state index is 14.1. The number of hydrogen-bond donors (Lipinski definition) is 1. The van der Waals surface area contributed by atoms with E-state index in [1.807, 2.05) is 20.8 Å². The Balaban J connectivity index is 2.08. The van der Waals surface area contributed by atoms with Crippen molar-refractivity contribution in [1.82, 2.24) is 10.2 Å². The first-order chi connectivity index (χ1) is 19.1. The van der Waals surface area contributed by atoms with Crippen molar-refractivity contribution in [3.8, 4) is 5.75 Å². The fourth-order valence-electron chi connectivity index (χ4n) is 4.26. The van der Waals surface area contributed by atoms with E-state index in [2.05, 4.69) is 5.32 Å². The number of nitrogens with zero attached hydrogens (tertiary/aromatic N) is 2. The first-order valence-corrected chi connectivity index (χ1v) is 15.0. The molecular formula is C30H36ClN3O5S. The summed E-state index contributed by atoms with van der Waals surface area (Å²) in [5, 5.41) is 3.41. The third-order valence-corrected chi connectivity index (χ3v) is 8.47. The largest absolute Gasteiger partial charge is 0.495 e. The van der Waals surface area contributed by atoms with Crippen molar-refractivity contribution in [3.63, 3.8) is 0 Å². The van der Waals surface area contributed by atoms with Crippen molar-refractivity contribution < 1.29 is 22.7 Å². The second kappa shape index (κ2) is 14.2. The number of methoxy groups -OCH3 is 1. The number of amides is 2. The van der Waals surface area contributed by atoms with Gasteiger partial charge in [0.25, 0.3) is 10.0 Å². The van der Waals surface area contributed by atoms with Crippen LogP contribution in [0.15, 0.2) is 77.7 Å². The van der Waals surface area contributed by atoms with Crippen molar-refractivity contribution >= 4 is 39.1 Å². The lowest BCUT2D eigenvalue weighted by Crippen LogP contribution is -2.52. The molecule has 0 aromatic heterocycles. The Kier molecular flexibility index (Phi) is 11.0. The zero-order chi connectivity index (χ0) is 29.3. The molecule has 214 valence electrons. The third-order valence-electron chi connectivity index (χ3n) is 6.44. The van der Waals surface area contributed by atoms with E-state index in [0.717, 1.165) is 21.9 Å². The number of ether oxygens (including phenoxy) is 1. The van der Waals surface area contributed by atoms with Crippen molar-refractivity contribution in [3.05, 3.63) is 88.9 Å². The highest BCUT2D eigenvalue weighted by Gasteiger charge is 2.34. The molecule has 0 saturated heterocycles. The zero-order valence-electron chi connectivity index (χ0n) is 23.3. The lowest BCUT2D eigenvalue weighted by atomic mass is 10.1. The predicted octanol–water partition coefficient (Wildman–Crippen LogP) is 5.19. The van der Waals surface area contributed by atoms with Crippen LogP contribution in [0.5, 0.6) is 5.75 Å². The highest BCUT2D eigenvalue weighted by Crippen LogP contribution is 2.32. The highest BCUT2D eigenvalue weighted by molar-refractivity contribution is 7.92. The summed E-state index contributed by atoms with van der Waals surface area (Å²) in [6.07, 6.45) is 1.08. The molecule has 0 heterocycles. The summed E-state index contributed by atoms with van der Waals surface area (Å²) in [5.41, 5.74) is 1.87. The Morgan fingerprint density at radius 1 is 0.975 bits per heavy atom. The molecule has 3 rings (SSSR count). The van der Waals surface area contributed by atoms with E-state index >= 15 is 0 Å². The summed E-state index contributed by atoms with van der Waals surface area (Å²) in [6.45, 7) is 5.65. The molecule has 3 aromatic carbocycles. The van der Waals surface area contributed by atoms with Gasteiger partial charge in [0.2, 0.25) is 11.8 Å². The molecule has 0 radical (unpaired) electrons. The molecule has 3 aromatic rings. The van der Waals surface area contributed by atoms with Crippen LogP contribution in [0.1, 0.15) is 37.8 Å². The molecule has 0 fully saturated rings. The van der Waals surface area contributed by atoms with Gasteiger partial charge in [-0.25, -0.2) is 8.42 Å². The zero-order valence-corrected chi connectivity index (χ0v) is 24.8. The Bertz CT molecular complexity index is 1400. The molecule has 2 amide bonds. The normalized spacial score (nSPS) is 11.9. The second-order valence-electron chi connectivity index (χ2n) is 9.36. The first kappa shape index (κ1) is 31.0. The number of nitrogens with one attached hydrogen (secondary N) is 1. The quantitative estimate of drug-likeness (QED) is 0.298. The van der Waals surface area contributed by atoms with Crippen LogP contribution in [0, 0.1) is 6.92 Å². The van der Waals surface area contributed by atoms with E-state index in [0.29, 0.717) is 23.7 Å². The third kappa shape index (κ3) is 7.55. The van der Waals surface area contributed by atoms with Crippen LogP contribution >= 0.6 is 11.6 Å². The van der Waals surface area contributed by atoms with Crippen LogP contribution in [0.3, 0.4) is 0 Å². The average molecular weight is 586 g/mol. The number of sulfonamides is 1. The summed E-state index contributed by atoms with van der Waals surface area (Å²) >= 11 is 6.06. The van der Waals surface area contributed by atoms with E-state index in [9.17, 15) is 18.0 Å². The molecule has 0 bridgehead atoms. The standard InChI is InChI=1S/C30H36ClN3O5S/c1-5-19-32-30(36)26(6-2)33(20-23-13-15-24(31)16-14-23)29(35)21-34(27-9-7-8-10-28(27)39-4)40(37,38)25-17-11-22(3)12-18-25/h7-18,26H,5-6,19-21H2,1-4H3,(H,32,36). The number of aryl methyl sites for hydroxylation is 1. The topological polar surface area (TPSA) is 96.0 Å². The lowest BCUT2D eigenvalue weighted by Gasteiger charge is -2.33.